The zero-order valence-corrected chi connectivity index (χ0v) is 23.6. The maximum atomic E-state index is 6.51. The molecule has 0 radical (unpaired) electrons. The lowest BCUT2D eigenvalue weighted by molar-refractivity contribution is 0.465. The number of nitrogens with zero attached hydrogens (tertiary/aromatic N) is 4. The molecule has 6 heteroatoms. The van der Waals surface area contributed by atoms with Gasteiger partial charge in [-0.05, 0) is 65.6 Å². The minimum Gasteiger partial charge on any atom is -0.457 e. The van der Waals surface area contributed by atoms with Crippen LogP contribution in [0.15, 0.2) is 97.2 Å². The second kappa shape index (κ2) is 8.51. The lowest BCUT2D eigenvalue weighted by Gasteiger charge is -2.28. The smallest absolute Gasteiger partial charge is 0.153 e. The fourth-order valence-corrected chi connectivity index (χ4v) is 6.11. The molecule has 0 N–H and O–H groups in total. The van der Waals surface area contributed by atoms with E-state index in [1.807, 2.05) is 36.5 Å². The Bertz CT molecular complexity index is 2000. The van der Waals surface area contributed by atoms with E-state index in [4.69, 9.17) is 14.5 Å². The van der Waals surface area contributed by atoms with Crippen LogP contribution in [0.1, 0.15) is 26.3 Å². The molecule has 0 saturated heterocycles. The van der Waals surface area contributed by atoms with E-state index in [9.17, 15) is 0 Å². The highest BCUT2D eigenvalue weighted by Gasteiger charge is 2.34. The zero-order valence-electron chi connectivity index (χ0n) is 23.6. The fraction of sp³-hybridized carbons (Fsp3) is 0.171. The van der Waals surface area contributed by atoms with Crippen molar-refractivity contribution >= 4 is 38.9 Å². The maximum absolute atomic E-state index is 6.51. The number of fused-ring (bicyclic) bond motifs is 5. The third-order valence-corrected chi connectivity index (χ3v) is 8.18. The summed E-state index contributed by atoms with van der Waals surface area (Å²) in [5.41, 5.74) is 6.73. The van der Waals surface area contributed by atoms with Gasteiger partial charge in [0.2, 0.25) is 0 Å². The summed E-state index contributed by atoms with van der Waals surface area (Å²) in [5.74, 6) is 4.15. The van der Waals surface area contributed by atoms with Crippen LogP contribution in [-0.4, -0.2) is 23.3 Å². The number of ether oxygens (including phenoxy) is 2. The van der Waals surface area contributed by atoms with Gasteiger partial charge in [-0.2, -0.15) is 0 Å². The van der Waals surface area contributed by atoms with Crippen LogP contribution in [0.2, 0.25) is 0 Å². The Balaban J connectivity index is 1.22. The third kappa shape index (κ3) is 3.67. The predicted octanol–water partition coefficient (Wildman–Crippen LogP) is 8.92. The minimum absolute atomic E-state index is 0.0201. The van der Waals surface area contributed by atoms with Crippen molar-refractivity contribution in [3.63, 3.8) is 0 Å². The molecule has 202 valence electrons. The topological polar surface area (TPSA) is 42.8 Å². The number of anilines is 3. The number of pyridine rings is 1. The number of rotatable bonds is 3. The van der Waals surface area contributed by atoms with Crippen molar-refractivity contribution in [2.45, 2.75) is 26.2 Å². The summed E-state index contributed by atoms with van der Waals surface area (Å²) in [7, 11) is 2.11. The van der Waals surface area contributed by atoms with Crippen molar-refractivity contribution in [3.05, 3.63) is 103 Å². The van der Waals surface area contributed by atoms with E-state index >= 15 is 0 Å². The van der Waals surface area contributed by atoms with Gasteiger partial charge < -0.3 is 19.3 Å². The molecule has 0 atom stereocenters. The van der Waals surface area contributed by atoms with E-state index in [-0.39, 0.29) is 5.41 Å². The highest BCUT2D eigenvalue weighted by atomic mass is 16.5. The molecule has 2 aliphatic rings. The molecule has 0 bridgehead atoms. The van der Waals surface area contributed by atoms with Crippen molar-refractivity contribution in [2.75, 3.05) is 23.5 Å². The number of hydrogen-bond donors (Lipinski definition) is 0. The molecule has 6 nitrogen and oxygen atoms in total. The first-order valence-corrected chi connectivity index (χ1v) is 14.0. The van der Waals surface area contributed by atoms with Gasteiger partial charge >= 0.3 is 0 Å². The van der Waals surface area contributed by atoms with Crippen LogP contribution < -0.4 is 19.3 Å². The van der Waals surface area contributed by atoms with E-state index in [1.165, 1.54) is 22.0 Å². The largest absolute Gasteiger partial charge is 0.457 e. The molecule has 0 fully saturated rings. The Morgan fingerprint density at radius 1 is 0.756 bits per heavy atom. The highest BCUT2D eigenvalue weighted by Crippen LogP contribution is 2.54. The first-order valence-electron chi connectivity index (χ1n) is 14.0. The molecule has 2 aliphatic heterocycles. The summed E-state index contributed by atoms with van der Waals surface area (Å²) < 4.78 is 15.0. The van der Waals surface area contributed by atoms with E-state index < -0.39 is 0 Å². The van der Waals surface area contributed by atoms with Crippen molar-refractivity contribution in [2.24, 2.45) is 0 Å². The number of benzene rings is 4. The van der Waals surface area contributed by atoms with Crippen LogP contribution in [0.4, 0.5) is 17.1 Å². The van der Waals surface area contributed by atoms with Gasteiger partial charge in [0, 0.05) is 36.1 Å². The average molecular weight is 539 g/mol. The van der Waals surface area contributed by atoms with Gasteiger partial charge in [-0.1, -0.05) is 45.0 Å². The Labute approximate surface area is 239 Å². The van der Waals surface area contributed by atoms with E-state index in [0.717, 1.165) is 57.9 Å². The zero-order chi connectivity index (χ0) is 27.9. The molecule has 0 aliphatic carbocycles. The van der Waals surface area contributed by atoms with Gasteiger partial charge in [0.05, 0.1) is 29.1 Å². The molecule has 8 rings (SSSR count). The van der Waals surface area contributed by atoms with Gasteiger partial charge in [-0.15, -0.1) is 0 Å². The predicted molar refractivity (Wildman–Crippen MR) is 166 cm³/mol. The monoisotopic (exact) mass is 538 g/mol. The van der Waals surface area contributed by atoms with Crippen LogP contribution in [0, 0.1) is 0 Å². The van der Waals surface area contributed by atoms with Gasteiger partial charge in [0.25, 0.3) is 0 Å². The highest BCUT2D eigenvalue weighted by molar-refractivity contribution is 6.09. The molecular formula is C35H30N4O2. The molecule has 6 aromatic rings. The molecule has 4 aromatic carbocycles. The first kappa shape index (κ1) is 23.9. The summed E-state index contributed by atoms with van der Waals surface area (Å²) >= 11 is 0. The lowest BCUT2D eigenvalue weighted by Crippen LogP contribution is -2.25. The summed E-state index contributed by atoms with van der Waals surface area (Å²) in [6, 6.07) is 31.4. The maximum Gasteiger partial charge on any atom is 0.153 e. The molecule has 0 spiro atoms. The Morgan fingerprint density at radius 3 is 2.44 bits per heavy atom. The summed E-state index contributed by atoms with van der Waals surface area (Å²) in [6.45, 7) is 7.45. The average Bonchev–Trinajstić information content (AvgIpc) is 3.48. The lowest BCUT2D eigenvalue weighted by atomic mass is 9.88. The molecular weight excluding hydrogens is 508 g/mol. The second-order valence-electron chi connectivity index (χ2n) is 11.9. The van der Waals surface area contributed by atoms with E-state index in [0.29, 0.717) is 0 Å². The number of para-hydroxylation sites is 2. The van der Waals surface area contributed by atoms with Crippen LogP contribution in [0.5, 0.6) is 23.0 Å². The van der Waals surface area contributed by atoms with Crippen LogP contribution >= 0.6 is 0 Å². The molecule has 0 saturated carbocycles. The van der Waals surface area contributed by atoms with Crippen LogP contribution in [0.25, 0.3) is 27.6 Å². The number of aromatic nitrogens is 2. The molecule has 0 unspecified atom stereocenters. The van der Waals surface area contributed by atoms with E-state index in [1.54, 1.807) is 0 Å². The van der Waals surface area contributed by atoms with Gasteiger partial charge in [0.15, 0.2) is 11.5 Å². The standard InChI is InChI=1S/C35H30N4O2/c1-35(2,3)22-16-17-36-33(18-22)39-27-9-6-5-8-25(27)26-14-12-23(19-29(26)39)40-24-13-15-31-30(20-24)38-21-37(4)28-10-7-11-32(41-31)34(28)38/h5-20H,21H2,1-4H3. The first-order chi connectivity index (χ1) is 19.8. The SMILES string of the molecule is CN1CN2c3cc(Oc4ccc5c6ccccc6n(-c6cc(C(C)(C)C)ccn6)c5c4)ccc3Oc3cccc1c32. The summed E-state index contributed by atoms with van der Waals surface area (Å²) in [5, 5.41) is 2.36. The quantitative estimate of drug-likeness (QED) is 0.225. The van der Waals surface area contributed by atoms with E-state index in [2.05, 4.69) is 103 Å². The molecule has 0 amide bonds. The summed E-state index contributed by atoms with van der Waals surface area (Å²) in [6.07, 6.45) is 1.91. The second-order valence-corrected chi connectivity index (χ2v) is 11.9. The van der Waals surface area contributed by atoms with Crippen LogP contribution in [0.3, 0.4) is 0 Å². The van der Waals surface area contributed by atoms with Gasteiger partial charge in [-0.25, -0.2) is 4.98 Å². The summed E-state index contributed by atoms with van der Waals surface area (Å²) in [4.78, 5) is 9.34. The number of hydrogen-bond acceptors (Lipinski definition) is 5. The van der Waals surface area contributed by atoms with Crippen molar-refractivity contribution in [1.29, 1.82) is 0 Å². The Morgan fingerprint density at radius 2 is 1.56 bits per heavy atom. The Kier molecular flexibility index (Phi) is 4.96. The normalized spacial score (nSPS) is 13.9. The third-order valence-electron chi connectivity index (χ3n) is 8.18. The molecule has 4 heterocycles. The van der Waals surface area contributed by atoms with Crippen molar-refractivity contribution < 1.29 is 9.47 Å². The fourth-order valence-electron chi connectivity index (χ4n) is 6.11. The van der Waals surface area contributed by atoms with Crippen LogP contribution in [-0.2, 0) is 5.41 Å². The van der Waals surface area contributed by atoms with Gasteiger partial charge in [0.1, 0.15) is 23.0 Å². The van der Waals surface area contributed by atoms with Gasteiger partial charge in [-0.3, -0.25) is 4.57 Å². The molecule has 2 aromatic heterocycles. The Hall–Kier alpha value is -4.97. The van der Waals surface area contributed by atoms with Crippen molar-refractivity contribution in [3.8, 4) is 28.8 Å². The molecule has 41 heavy (non-hydrogen) atoms. The minimum atomic E-state index is 0.0201. The van der Waals surface area contributed by atoms with Crippen molar-refractivity contribution in [1.82, 2.24) is 9.55 Å².